The molecule has 0 aliphatic rings. The van der Waals surface area contributed by atoms with Crippen molar-refractivity contribution in [2.75, 3.05) is 12.4 Å². The lowest BCUT2D eigenvalue weighted by atomic mass is 10.0. The van der Waals surface area contributed by atoms with E-state index in [4.69, 9.17) is 16.3 Å². The van der Waals surface area contributed by atoms with Crippen molar-refractivity contribution in [1.82, 2.24) is 0 Å². The summed E-state index contributed by atoms with van der Waals surface area (Å²) in [6, 6.07) is 14.3. The highest BCUT2D eigenvalue weighted by Crippen LogP contribution is 2.31. The van der Waals surface area contributed by atoms with E-state index in [2.05, 4.69) is 40.3 Å². The Hall–Kier alpha value is -1.19. The van der Waals surface area contributed by atoms with Gasteiger partial charge in [0.2, 0.25) is 0 Å². The number of halogens is 2. The fourth-order valence-corrected chi connectivity index (χ4v) is 2.79. The van der Waals surface area contributed by atoms with Crippen LogP contribution in [0.25, 0.3) is 0 Å². The van der Waals surface area contributed by atoms with E-state index in [9.17, 15) is 0 Å². The van der Waals surface area contributed by atoms with Crippen LogP contribution in [-0.2, 0) is 0 Å². The molecule has 2 aromatic carbocycles. The van der Waals surface area contributed by atoms with Crippen molar-refractivity contribution in [3.8, 4) is 5.75 Å². The van der Waals surface area contributed by atoms with Gasteiger partial charge in [-0.05, 0) is 52.2 Å². The molecule has 2 nitrogen and oxygen atoms in total. The van der Waals surface area contributed by atoms with Crippen molar-refractivity contribution in [2.45, 2.75) is 25.8 Å². The molecule has 1 N–H and O–H groups in total. The summed E-state index contributed by atoms with van der Waals surface area (Å²) in [6.07, 6.45) is 2.16. The van der Waals surface area contributed by atoms with Gasteiger partial charge in [-0.1, -0.05) is 37.1 Å². The zero-order chi connectivity index (χ0) is 15.2. The van der Waals surface area contributed by atoms with Crippen LogP contribution in [0.1, 0.15) is 31.4 Å². The largest absolute Gasteiger partial charge is 0.495 e. The average Bonchev–Trinajstić information content (AvgIpc) is 2.49. The third-order valence-electron chi connectivity index (χ3n) is 3.34. The molecular formula is C17H19BrClNO. The summed E-state index contributed by atoms with van der Waals surface area (Å²) in [4.78, 5) is 0. The van der Waals surface area contributed by atoms with E-state index in [1.165, 1.54) is 5.56 Å². The maximum absolute atomic E-state index is 5.97. The van der Waals surface area contributed by atoms with Gasteiger partial charge in [0, 0.05) is 16.8 Å². The van der Waals surface area contributed by atoms with Crippen molar-refractivity contribution in [3.63, 3.8) is 0 Å². The topological polar surface area (TPSA) is 21.3 Å². The minimum atomic E-state index is 0.262. The van der Waals surface area contributed by atoms with E-state index >= 15 is 0 Å². The first-order valence-corrected chi connectivity index (χ1v) is 8.16. The molecule has 112 valence electrons. The van der Waals surface area contributed by atoms with E-state index in [1.54, 1.807) is 7.11 Å². The standard InChI is InChI=1S/C17H19BrClNO/c1-3-4-16(12-5-7-13(19)8-6-12)20-14-9-10-15(18)17(11-14)21-2/h5-11,16,20H,3-4H2,1-2H3. The SMILES string of the molecule is CCCC(Nc1ccc(Br)c(OC)c1)c1ccc(Cl)cc1. The molecule has 0 heterocycles. The van der Waals surface area contributed by atoms with Crippen LogP contribution in [0.4, 0.5) is 5.69 Å². The first kappa shape index (κ1) is 16.2. The summed E-state index contributed by atoms with van der Waals surface area (Å²) in [5, 5.41) is 4.34. The zero-order valence-corrected chi connectivity index (χ0v) is 14.5. The van der Waals surface area contributed by atoms with E-state index in [1.807, 2.05) is 30.3 Å². The molecule has 2 aromatic rings. The Morgan fingerprint density at radius 2 is 1.90 bits per heavy atom. The molecule has 0 aliphatic heterocycles. The highest BCUT2D eigenvalue weighted by molar-refractivity contribution is 9.10. The van der Waals surface area contributed by atoms with Crippen LogP contribution in [0.15, 0.2) is 46.9 Å². The predicted octanol–water partition coefficient (Wildman–Crippen LogP) is 6.06. The smallest absolute Gasteiger partial charge is 0.135 e. The van der Waals surface area contributed by atoms with Crippen LogP contribution in [-0.4, -0.2) is 7.11 Å². The van der Waals surface area contributed by atoms with Crippen LogP contribution < -0.4 is 10.1 Å². The summed E-state index contributed by atoms with van der Waals surface area (Å²) in [7, 11) is 1.67. The minimum absolute atomic E-state index is 0.262. The number of nitrogens with one attached hydrogen (secondary N) is 1. The van der Waals surface area contributed by atoms with Gasteiger partial charge in [0.05, 0.1) is 17.6 Å². The third kappa shape index (κ3) is 4.39. The maximum Gasteiger partial charge on any atom is 0.135 e. The van der Waals surface area contributed by atoms with Crippen LogP contribution in [0.5, 0.6) is 5.75 Å². The molecule has 21 heavy (non-hydrogen) atoms. The molecule has 1 unspecified atom stereocenters. The van der Waals surface area contributed by atoms with Crippen molar-refractivity contribution in [3.05, 3.63) is 57.5 Å². The zero-order valence-electron chi connectivity index (χ0n) is 12.2. The fraction of sp³-hybridized carbons (Fsp3) is 0.294. The Balaban J connectivity index is 2.21. The van der Waals surface area contributed by atoms with Gasteiger partial charge in [-0.3, -0.25) is 0 Å². The molecule has 0 aliphatic carbocycles. The minimum Gasteiger partial charge on any atom is -0.495 e. The van der Waals surface area contributed by atoms with Gasteiger partial charge >= 0.3 is 0 Å². The second-order valence-electron chi connectivity index (χ2n) is 4.89. The molecule has 1 atom stereocenters. The summed E-state index contributed by atoms with van der Waals surface area (Å²) in [6.45, 7) is 2.19. The highest BCUT2D eigenvalue weighted by Gasteiger charge is 2.11. The summed E-state index contributed by atoms with van der Waals surface area (Å²) >= 11 is 9.44. The van der Waals surface area contributed by atoms with Crippen molar-refractivity contribution < 1.29 is 4.74 Å². The summed E-state index contributed by atoms with van der Waals surface area (Å²) in [5.41, 5.74) is 2.28. The average molecular weight is 369 g/mol. The van der Waals surface area contributed by atoms with Gasteiger partial charge in [0.25, 0.3) is 0 Å². The maximum atomic E-state index is 5.97. The van der Waals surface area contributed by atoms with Gasteiger partial charge in [-0.2, -0.15) is 0 Å². The van der Waals surface area contributed by atoms with Gasteiger partial charge < -0.3 is 10.1 Å². The molecule has 0 amide bonds. The van der Waals surface area contributed by atoms with Crippen LogP contribution in [0, 0.1) is 0 Å². The molecule has 0 saturated carbocycles. The van der Waals surface area contributed by atoms with E-state index < -0.39 is 0 Å². The molecule has 0 saturated heterocycles. The van der Waals surface area contributed by atoms with Crippen LogP contribution in [0.3, 0.4) is 0 Å². The normalized spacial score (nSPS) is 12.0. The monoisotopic (exact) mass is 367 g/mol. The van der Waals surface area contributed by atoms with Crippen LogP contribution >= 0.6 is 27.5 Å². The second kappa shape index (κ2) is 7.71. The summed E-state index contributed by atoms with van der Waals surface area (Å²) < 4.78 is 6.30. The highest BCUT2D eigenvalue weighted by atomic mass is 79.9. The summed E-state index contributed by atoms with van der Waals surface area (Å²) in [5.74, 6) is 0.825. The first-order valence-electron chi connectivity index (χ1n) is 6.99. The lowest BCUT2D eigenvalue weighted by Gasteiger charge is -2.20. The number of anilines is 1. The number of benzene rings is 2. The number of methoxy groups -OCH3 is 1. The van der Waals surface area contributed by atoms with Gasteiger partial charge in [0.15, 0.2) is 0 Å². The lowest BCUT2D eigenvalue weighted by Crippen LogP contribution is -2.10. The van der Waals surface area contributed by atoms with Gasteiger partial charge in [-0.15, -0.1) is 0 Å². The lowest BCUT2D eigenvalue weighted by molar-refractivity contribution is 0.412. The number of hydrogen-bond acceptors (Lipinski definition) is 2. The van der Waals surface area contributed by atoms with Crippen LogP contribution in [0.2, 0.25) is 5.02 Å². The second-order valence-corrected chi connectivity index (χ2v) is 6.18. The molecule has 0 spiro atoms. The van der Waals surface area contributed by atoms with E-state index in [0.29, 0.717) is 0 Å². The Morgan fingerprint density at radius 3 is 2.52 bits per heavy atom. The number of hydrogen-bond donors (Lipinski definition) is 1. The fourth-order valence-electron chi connectivity index (χ4n) is 2.26. The number of ether oxygens (including phenoxy) is 1. The Morgan fingerprint density at radius 1 is 1.19 bits per heavy atom. The van der Waals surface area contributed by atoms with Crippen molar-refractivity contribution in [1.29, 1.82) is 0 Å². The third-order valence-corrected chi connectivity index (χ3v) is 4.25. The molecule has 0 bridgehead atoms. The predicted molar refractivity (Wildman–Crippen MR) is 93.4 cm³/mol. The van der Waals surface area contributed by atoms with E-state index in [0.717, 1.165) is 33.8 Å². The van der Waals surface area contributed by atoms with Crippen molar-refractivity contribution in [2.24, 2.45) is 0 Å². The number of rotatable bonds is 6. The molecule has 2 rings (SSSR count). The molecule has 0 fully saturated rings. The first-order chi connectivity index (χ1) is 10.1. The molecule has 0 radical (unpaired) electrons. The van der Waals surface area contributed by atoms with Crippen molar-refractivity contribution >= 4 is 33.2 Å². The Kier molecular flexibility index (Phi) is 5.95. The van der Waals surface area contributed by atoms with Gasteiger partial charge in [-0.25, -0.2) is 0 Å². The molecule has 0 aromatic heterocycles. The van der Waals surface area contributed by atoms with Gasteiger partial charge in [0.1, 0.15) is 5.75 Å². The molecule has 4 heteroatoms. The molecular weight excluding hydrogens is 350 g/mol. The Labute approximate surface area is 139 Å². The Bertz CT molecular complexity index is 586. The quantitative estimate of drug-likeness (QED) is 0.668. The van der Waals surface area contributed by atoms with E-state index in [-0.39, 0.29) is 6.04 Å².